The predicted octanol–water partition coefficient (Wildman–Crippen LogP) is 4.49. The molecule has 9 heteroatoms. The Balaban J connectivity index is 1.35. The number of nitrogens with one attached hydrogen (secondary N) is 1. The van der Waals surface area contributed by atoms with Gasteiger partial charge in [0.25, 0.3) is 5.69 Å². The van der Waals surface area contributed by atoms with Gasteiger partial charge in [0.15, 0.2) is 0 Å². The molecule has 0 aromatic heterocycles. The van der Waals surface area contributed by atoms with Crippen molar-refractivity contribution in [1.29, 1.82) is 0 Å². The first kappa shape index (κ1) is 25.5. The average Bonchev–Trinajstić information content (AvgIpc) is 3.28. The lowest BCUT2D eigenvalue weighted by Gasteiger charge is -2.52. The summed E-state index contributed by atoms with van der Waals surface area (Å²) in [5.41, 5.74) is 6.09. The summed E-state index contributed by atoms with van der Waals surface area (Å²) in [5, 5.41) is 15.6. The highest BCUT2D eigenvalue weighted by molar-refractivity contribution is 6.25. The summed E-state index contributed by atoms with van der Waals surface area (Å²) in [5.74, 6) is -2.98. The number of non-ortho nitro benzene ring substituents is 1. The van der Waals surface area contributed by atoms with Crippen LogP contribution in [0.5, 0.6) is 0 Å². The van der Waals surface area contributed by atoms with Gasteiger partial charge in [-0.05, 0) is 39.9 Å². The molecular weight excluding hydrogens is 532 g/mol. The summed E-state index contributed by atoms with van der Waals surface area (Å²) < 4.78 is 0. The molecule has 4 aromatic carbocycles. The number of hydrogen-bond acceptors (Lipinski definition) is 6. The zero-order valence-corrected chi connectivity index (χ0v) is 22.2. The van der Waals surface area contributed by atoms with E-state index in [1.807, 2.05) is 78.9 Å². The number of nitro groups is 1. The smallest absolute Gasteiger partial charge is 0.269 e. The van der Waals surface area contributed by atoms with E-state index in [4.69, 9.17) is 0 Å². The van der Waals surface area contributed by atoms with E-state index < -0.39 is 28.1 Å². The van der Waals surface area contributed by atoms with E-state index in [0.29, 0.717) is 0 Å². The summed E-state index contributed by atoms with van der Waals surface area (Å²) in [6.07, 6.45) is 1.75. The van der Waals surface area contributed by atoms with Gasteiger partial charge in [-0.25, -0.2) is 10.3 Å². The molecule has 1 fully saturated rings. The highest BCUT2D eigenvalue weighted by Crippen LogP contribution is 2.63. The molecule has 8 rings (SSSR count). The van der Waals surface area contributed by atoms with Crippen LogP contribution in [0.4, 0.5) is 11.4 Å². The highest BCUT2D eigenvalue weighted by atomic mass is 16.6. The number of hydrazone groups is 1. The topological polar surface area (TPSA) is 122 Å². The van der Waals surface area contributed by atoms with Crippen LogP contribution in [-0.2, 0) is 26.2 Å². The first-order valence-corrected chi connectivity index (χ1v) is 13.6. The molecule has 0 saturated carbocycles. The molecular formula is C33H24N4O5. The third-order valence-electron chi connectivity index (χ3n) is 8.67. The van der Waals surface area contributed by atoms with Crippen LogP contribution in [-0.4, -0.2) is 28.9 Å². The predicted molar refractivity (Wildman–Crippen MR) is 155 cm³/mol. The third-order valence-corrected chi connectivity index (χ3v) is 8.67. The summed E-state index contributed by atoms with van der Waals surface area (Å²) >= 11 is 0. The van der Waals surface area contributed by atoms with Crippen molar-refractivity contribution >= 4 is 35.3 Å². The van der Waals surface area contributed by atoms with Crippen molar-refractivity contribution in [3.05, 3.63) is 141 Å². The number of amides is 3. The zero-order chi connectivity index (χ0) is 29.0. The molecule has 1 saturated heterocycles. The molecule has 3 amide bonds. The van der Waals surface area contributed by atoms with Gasteiger partial charge >= 0.3 is 0 Å². The zero-order valence-electron chi connectivity index (χ0n) is 22.2. The lowest BCUT2D eigenvalue weighted by atomic mass is 9.47. The minimum atomic E-state index is -1.13. The quantitative estimate of drug-likeness (QED) is 0.162. The minimum Gasteiger partial charge on any atom is -0.274 e. The maximum atomic E-state index is 14.3. The molecule has 0 unspecified atom stereocenters. The molecule has 1 aliphatic heterocycles. The number of benzene rings is 4. The number of nitro benzene ring substituents is 1. The largest absolute Gasteiger partial charge is 0.274 e. The molecule has 4 aliphatic rings. The molecule has 4 aromatic rings. The SMILES string of the molecule is O=C(Cc1ccccc1)N/N=C\C12c3ccccc3C(c3ccccc31)[C@H]1C(=O)N(c3ccc([N+](=O)[O-])cc3)C(=O)[C@@H]12. The van der Waals surface area contributed by atoms with Crippen molar-refractivity contribution in [3.63, 3.8) is 0 Å². The van der Waals surface area contributed by atoms with Crippen LogP contribution in [0.2, 0.25) is 0 Å². The Labute approximate surface area is 240 Å². The van der Waals surface area contributed by atoms with Crippen molar-refractivity contribution in [2.24, 2.45) is 16.9 Å². The lowest BCUT2D eigenvalue weighted by molar-refractivity contribution is -0.384. The molecule has 1 N–H and O–H groups in total. The second kappa shape index (κ2) is 9.59. The van der Waals surface area contributed by atoms with Crippen LogP contribution in [0.1, 0.15) is 33.7 Å². The minimum absolute atomic E-state index is 0.134. The number of anilines is 1. The first-order chi connectivity index (χ1) is 20.4. The molecule has 42 heavy (non-hydrogen) atoms. The fraction of sp³-hybridized carbons (Fsp3) is 0.152. The Hall–Kier alpha value is -5.44. The van der Waals surface area contributed by atoms with E-state index in [1.54, 1.807) is 6.21 Å². The van der Waals surface area contributed by atoms with Gasteiger partial charge in [0, 0.05) is 24.3 Å². The fourth-order valence-electron chi connectivity index (χ4n) is 7.05. The molecule has 3 aliphatic carbocycles. The maximum Gasteiger partial charge on any atom is 0.269 e. The van der Waals surface area contributed by atoms with E-state index >= 15 is 0 Å². The lowest BCUT2D eigenvalue weighted by Crippen LogP contribution is -2.54. The Morgan fingerprint density at radius 3 is 2.07 bits per heavy atom. The van der Waals surface area contributed by atoms with Crippen LogP contribution >= 0.6 is 0 Å². The molecule has 9 nitrogen and oxygen atoms in total. The van der Waals surface area contributed by atoms with Crippen LogP contribution < -0.4 is 10.3 Å². The summed E-state index contributed by atoms with van der Waals surface area (Å²) in [6.45, 7) is 0. The normalized spacial score (nSPS) is 23.4. The van der Waals surface area contributed by atoms with Gasteiger partial charge in [-0.1, -0.05) is 78.9 Å². The van der Waals surface area contributed by atoms with Crippen molar-refractivity contribution in [1.82, 2.24) is 5.43 Å². The van der Waals surface area contributed by atoms with Crippen molar-refractivity contribution < 1.29 is 19.3 Å². The van der Waals surface area contributed by atoms with E-state index in [2.05, 4.69) is 10.5 Å². The molecule has 1 heterocycles. The standard InChI is InChI=1S/C33H24N4O5/c38-27(18-20-8-2-1-3-9-20)35-34-19-33-25-12-6-4-10-23(25)28(24-11-5-7-13-26(24)33)29-30(33)32(40)36(31(29)39)21-14-16-22(17-15-21)37(41)42/h1-17,19,28-30H,18H2,(H,35,38)/b34-19-/t28?,29-,30-,33?/m1/s1. The number of imide groups is 1. The number of carbonyl (C=O) groups excluding carboxylic acids is 3. The Bertz CT molecular complexity index is 1750. The molecule has 0 spiro atoms. The van der Waals surface area contributed by atoms with Gasteiger partial charge in [0.05, 0.1) is 34.3 Å². The van der Waals surface area contributed by atoms with Gasteiger partial charge in [0.1, 0.15) is 0 Å². The Morgan fingerprint density at radius 2 is 1.45 bits per heavy atom. The van der Waals surface area contributed by atoms with Gasteiger partial charge in [0.2, 0.25) is 17.7 Å². The van der Waals surface area contributed by atoms with Crippen molar-refractivity contribution in [2.75, 3.05) is 4.90 Å². The highest BCUT2D eigenvalue weighted by Gasteiger charge is 2.68. The number of rotatable bonds is 6. The molecule has 206 valence electrons. The van der Waals surface area contributed by atoms with Crippen LogP contribution in [0.25, 0.3) is 0 Å². The van der Waals surface area contributed by atoms with Crippen molar-refractivity contribution in [3.8, 4) is 0 Å². The Morgan fingerprint density at radius 1 is 0.857 bits per heavy atom. The second-order valence-corrected chi connectivity index (χ2v) is 10.8. The molecule has 2 atom stereocenters. The van der Waals surface area contributed by atoms with Crippen LogP contribution in [0.15, 0.2) is 108 Å². The van der Waals surface area contributed by atoms with E-state index in [9.17, 15) is 24.5 Å². The molecule has 2 bridgehead atoms. The van der Waals surface area contributed by atoms with Crippen LogP contribution in [0, 0.1) is 22.0 Å². The summed E-state index contributed by atoms with van der Waals surface area (Å²) in [6, 6.07) is 30.3. The van der Waals surface area contributed by atoms with Gasteiger partial charge in [-0.2, -0.15) is 5.10 Å². The number of carbonyl (C=O) groups is 3. The van der Waals surface area contributed by atoms with Crippen molar-refractivity contribution in [2.45, 2.75) is 17.8 Å². The van der Waals surface area contributed by atoms with E-state index in [1.165, 1.54) is 24.3 Å². The molecule has 0 radical (unpaired) electrons. The number of hydrogen-bond donors (Lipinski definition) is 1. The van der Waals surface area contributed by atoms with Gasteiger partial charge in [-0.15, -0.1) is 0 Å². The second-order valence-electron chi connectivity index (χ2n) is 10.8. The monoisotopic (exact) mass is 556 g/mol. The summed E-state index contributed by atoms with van der Waals surface area (Å²) in [4.78, 5) is 53.2. The van der Waals surface area contributed by atoms with Gasteiger partial charge < -0.3 is 0 Å². The van der Waals surface area contributed by atoms with Crippen LogP contribution in [0.3, 0.4) is 0 Å². The average molecular weight is 557 g/mol. The number of nitrogens with zero attached hydrogens (tertiary/aromatic N) is 3. The van der Waals surface area contributed by atoms with E-state index in [-0.39, 0.29) is 35.5 Å². The van der Waals surface area contributed by atoms with Gasteiger partial charge in [-0.3, -0.25) is 24.5 Å². The Kier molecular flexibility index (Phi) is 5.83. The summed E-state index contributed by atoms with van der Waals surface area (Å²) in [7, 11) is 0. The fourth-order valence-corrected chi connectivity index (χ4v) is 7.05. The first-order valence-electron chi connectivity index (χ1n) is 13.6. The third kappa shape index (κ3) is 3.63. The van der Waals surface area contributed by atoms with E-state index in [0.717, 1.165) is 32.7 Å². The maximum absolute atomic E-state index is 14.3.